The van der Waals surface area contributed by atoms with Crippen LogP contribution >= 0.6 is 12.0 Å². The molecule has 4 nitrogen and oxygen atoms in total. The molecule has 0 aromatic carbocycles. The molecular weight excluding hydrogens is 319 g/mol. The summed E-state index contributed by atoms with van der Waals surface area (Å²) in [5, 5.41) is 0. The second-order valence-corrected chi connectivity index (χ2v) is 7.19. The van der Waals surface area contributed by atoms with Gasteiger partial charge < -0.3 is 4.55 Å². The number of hydrogen-bond acceptors (Lipinski definition) is 5. The van der Waals surface area contributed by atoms with Gasteiger partial charge in [0.2, 0.25) is 10.4 Å². The summed E-state index contributed by atoms with van der Waals surface area (Å²) in [6, 6.07) is 0. The first-order valence-corrected chi connectivity index (χ1v) is 10.1. The smallest absolute Gasteiger partial charge is 0.725 e. The van der Waals surface area contributed by atoms with E-state index in [1.807, 2.05) is 0 Å². The van der Waals surface area contributed by atoms with Crippen LogP contribution in [0.25, 0.3) is 0 Å². The number of unbranched alkanes of at least 4 members (excludes halogenated alkanes) is 11. The van der Waals surface area contributed by atoms with Gasteiger partial charge in [0.25, 0.3) is 0 Å². The van der Waals surface area contributed by atoms with E-state index in [9.17, 15) is 13.0 Å². The predicted octanol–water partition coefficient (Wildman–Crippen LogP) is 1.82. The van der Waals surface area contributed by atoms with E-state index in [-0.39, 0.29) is 29.6 Å². The molecule has 0 unspecified atom stereocenters. The van der Waals surface area contributed by atoms with Crippen LogP contribution in [0.4, 0.5) is 0 Å². The third-order valence-corrected chi connectivity index (χ3v) is 4.72. The predicted molar refractivity (Wildman–Crippen MR) is 84.3 cm³/mol. The fraction of sp³-hybridized carbons (Fsp3) is 1.00. The zero-order chi connectivity index (χ0) is 15.1. The van der Waals surface area contributed by atoms with E-state index in [1.54, 1.807) is 0 Å². The van der Waals surface area contributed by atoms with E-state index in [0.717, 1.165) is 24.9 Å². The molecule has 0 spiro atoms. The Balaban J connectivity index is 0. The Hall–Kier alpha value is 1.22. The minimum atomic E-state index is -4.53. The number of hydrogen-bond donors (Lipinski definition) is 0. The molecule has 0 saturated heterocycles. The maximum absolute atomic E-state index is 10.2. The number of rotatable bonds is 15. The average molecular weight is 349 g/mol. The van der Waals surface area contributed by atoms with Crippen LogP contribution in [0.15, 0.2) is 0 Å². The van der Waals surface area contributed by atoms with Gasteiger partial charge in [0.15, 0.2) is 0 Å². The fourth-order valence-corrected chi connectivity index (χ4v) is 3.16. The van der Waals surface area contributed by atoms with Crippen molar-refractivity contribution >= 4 is 22.4 Å². The van der Waals surface area contributed by atoms with Crippen LogP contribution in [-0.2, 0) is 14.0 Å². The van der Waals surface area contributed by atoms with E-state index < -0.39 is 10.4 Å². The molecule has 0 saturated carbocycles. The first-order chi connectivity index (χ1) is 9.56. The van der Waals surface area contributed by atoms with E-state index in [0.29, 0.717) is 5.75 Å². The van der Waals surface area contributed by atoms with Crippen LogP contribution in [0.3, 0.4) is 0 Å². The Bertz CT molecular complexity index is 297. The molecule has 0 heterocycles. The Morgan fingerprint density at radius 1 is 0.810 bits per heavy atom. The van der Waals surface area contributed by atoms with Crippen molar-refractivity contribution in [3.05, 3.63) is 0 Å². The molecule has 21 heavy (non-hydrogen) atoms. The molecule has 0 aliphatic carbocycles. The minimum absolute atomic E-state index is 0. The standard InChI is InChI=1S/C14H30O4S2.Na/c1-2-3-4-5-6-7-8-9-10-11-12-13-14-19-18-20(15,16)17;/h2-14H2,1H3,(H,15,16,17);/q;+1/p-1. The Morgan fingerprint density at radius 3 is 1.57 bits per heavy atom. The van der Waals surface area contributed by atoms with Crippen molar-refractivity contribution in [2.24, 2.45) is 0 Å². The van der Waals surface area contributed by atoms with E-state index in [4.69, 9.17) is 0 Å². The zero-order valence-corrected chi connectivity index (χ0v) is 17.3. The van der Waals surface area contributed by atoms with Gasteiger partial charge in [-0.1, -0.05) is 77.6 Å². The summed E-state index contributed by atoms with van der Waals surface area (Å²) < 4.78 is 34.5. The summed E-state index contributed by atoms with van der Waals surface area (Å²) in [6.45, 7) is 2.24. The topological polar surface area (TPSA) is 66.4 Å². The minimum Gasteiger partial charge on any atom is -0.725 e. The van der Waals surface area contributed by atoms with Crippen LogP contribution in [0.2, 0.25) is 0 Å². The molecule has 122 valence electrons. The normalized spacial score (nSPS) is 11.3. The Labute approximate surface area is 157 Å². The van der Waals surface area contributed by atoms with Gasteiger partial charge in [-0.25, -0.2) is 12.0 Å². The molecule has 0 atom stereocenters. The maximum Gasteiger partial charge on any atom is 1.00 e. The van der Waals surface area contributed by atoms with Gasteiger partial charge in [-0.2, -0.15) is 0 Å². The van der Waals surface area contributed by atoms with E-state index >= 15 is 0 Å². The van der Waals surface area contributed by atoms with Crippen molar-refractivity contribution in [2.75, 3.05) is 5.75 Å². The monoisotopic (exact) mass is 348 g/mol. The van der Waals surface area contributed by atoms with E-state index in [1.165, 1.54) is 64.2 Å². The molecule has 0 bridgehead atoms. The first kappa shape index (κ1) is 24.5. The summed E-state index contributed by atoms with van der Waals surface area (Å²) in [6.07, 6.45) is 15.2. The van der Waals surface area contributed by atoms with Crippen molar-refractivity contribution in [3.63, 3.8) is 0 Å². The van der Waals surface area contributed by atoms with Crippen molar-refractivity contribution < 1.29 is 46.2 Å². The second-order valence-electron chi connectivity index (χ2n) is 5.19. The molecule has 0 fully saturated rings. The van der Waals surface area contributed by atoms with E-state index in [2.05, 4.69) is 10.6 Å². The molecule has 0 aliphatic rings. The quantitative estimate of drug-likeness (QED) is 0.148. The second kappa shape index (κ2) is 17.6. The van der Waals surface area contributed by atoms with Crippen LogP contribution in [-0.4, -0.2) is 18.7 Å². The molecule has 7 heteroatoms. The third-order valence-electron chi connectivity index (χ3n) is 3.21. The maximum atomic E-state index is 10.2. The van der Waals surface area contributed by atoms with Crippen molar-refractivity contribution in [1.29, 1.82) is 0 Å². The molecule has 0 aliphatic heterocycles. The average Bonchev–Trinajstić information content (AvgIpc) is 2.38. The SMILES string of the molecule is CCCCCCCCCCCCCCSOS(=O)(=O)[O-].[Na+]. The van der Waals surface area contributed by atoms with Crippen molar-refractivity contribution in [2.45, 2.75) is 84.0 Å². The van der Waals surface area contributed by atoms with Crippen molar-refractivity contribution in [3.8, 4) is 0 Å². The molecule has 0 aromatic rings. The van der Waals surface area contributed by atoms with Gasteiger partial charge in [-0.15, -0.1) is 0 Å². The van der Waals surface area contributed by atoms with Crippen LogP contribution < -0.4 is 29.6 Å². The molecule has 0 aromatic heterocycles. The first-order valence-electron chi connectivity index (χ1n) is 7.83. The largest absolute Gasteiger partial charge is 1.00 e. The fourth-order valence-electron chi connectivity index (χ4n) is 2.09. The van der Waals surface area contributed by atoms with Gasteiger partial charge in [0.05, 0.1) is 0 Å². The van der Waals surface area contributed by atoms with Crippen molar-refractivity contribution in [1.82, 2.24) is 0 Å². The summed E-state index contributed by atoms with van der Waals surface area (Å²) in [5.74, 6) is 0.568. The molecule has 0 radical (unpaired) electrons. The summed E-state index contributed by atoms with van der Waals surface area (Å²) in [7, 11) is -4.53. The summed E-state index contributed by atoms with van der Waals surface area (Å²) in [5.41, 5.74) is 0. The zero-order valence-electron chi connectivity index (χ0n) is 13.6. The Morgan fingerprint density at radius 2 is 1.19 bits per heavy atom. The van der Waals surface area contributed by atoms with Gasteiger partial charge in [0.1, 0.15) is 0 Å². The third kappa shape index (κ3) is 23.6. The van der Waals surface area contributed by atoms with Gasteiger partial charge in [-0.3, -0.25) is 0 Å². The molecule has 0 rings (SSSR count). The van der Waals surface area contributed by atoms with Gasteiger partial charge >= 0.3 is 29.6 Å². The van der Waals surface area contributed by atoms with Crippen LogP contribution in [0.5, 0.6) is 0 Å². The van der Waals surface area contributed by atoms with Gasteiger partial charge in [-0.05, 0) is 6.42 Å². The van der Waals surface area contributed by atoms with Gasteiger partial charge in [0, 0.05) is 17.8 Å². The molecule has 0 N–H and O–H groups in total. The molecular formula is C14H29NaO4S2. The summed E-state index contributed by atoms with van der Waals surface area (Å²) >= 11 is 0.741. The Kier molecular flexibility index (Phi) is 20.5. The van der Waals surface area contributed by atoms with Crippen LogP contribution in [0.1, 0.15) is 84.0 Å². The molecule has 0 amide bonds. The van der Waals surface area contributed by atoms with Crippen LogP contribution in [0, 0.1) is 0 Å². The summed E-state index contributed by atoms with van der Waals surface area (Å²) in [4.78, 5) is 0.